The molecule has 2 aromatic carbocycles. The molecule has 0 spiro atoms. The van der Waals surface area contributed by atoms with Gasteiger partial charge in [0, 0.05) is 51.3 Å². The van der Waals surface area contributed by atoms with Crippen LogP contribution in [0.15, 0.2) is 36.4 Å². The molecule has 0 aromatic heterocycles. The lowest BCUT2D eigenvalue weighted by atomic mass is 9.99. The summed E-state index contributed by atoms with van der Waals surface area (Å²) in [4.78, 5) is 4.80. The number of benzene rings is 2. The maximum atomic E-state index is 5.85. The van der Waals surface area contributed by atoms with Crippen LogP contribution in [0.2, 0.25) is 0 Å². The summed E-state index contributed by atoms with van der Waals surface area (Å²) in [6, 6.07) is 13.3. The Bertz CT molecular complexity index is 883. The van der Waals surface area contributed by atoms with Gasteiger partial charge in [0.2, 0.25) is 0 Å². The fourth-order valence-electron chi connectivity index (χ4n) is 4.28. The van der Waals surface area contributed by atoms with Gasteiger partial charge in [0.15, 0.2) is 5.11 Å². The van der Waals surface area contributed by atoms with Crippen molar-refractivity contribution >= 4 is 28.7 Å². The van der Waals surface area contributed by atoms with Gasteiger partial charge < -0.3 is 19.9 Å². The first-order valence-corrected chi connectivity index (χ1v) is 11.9. The van der Waals surface area contributed by atoms with Crippen molar-refractivity contribution in [1.29, 1.82) is 0 Å². The number of fused-ring (bicyclic) bond motifs is 1. The van der Waals surface area contributed by atoms with Crippen molar-refractivity contribution in [3.63, 3.8) is 0 Å². The third kappa shape index (κ3) is 6.20. The lowest BCUT2D eigenvalue weighted by Gasteiger charge is -2.32. The first-order chi connectivity index (χ1) is 15.0. The zero-order chi connectivity index (χ0) is 22.2. The minimum absolute atomic E-state index is 0.735. The highest BCUT2D eigenvalue weighted by Gasteiger charge is 2.18. The molecule has 1 aliphatic heterocycles. The van der Waals surface area contributed by atoms with Crippen molar-refractivity contribution in [2.45, 2.75) is 53.0 Å². The number of nitrogens with zero attached hydrogens (tertiary/aromatic N) is 2. The molecule has 3 rings (SSSR count). The van der Waals surface area contributed by atoms with E-state index < -0.39 is 0 Å². The number of methoxy groups -OCH3 is 1. The molecule has 1 heterocycles. The topological polar surface area (TPSA) is 27.7 Å². The van der Waals surface area contributed by atoms with Crippen molar-refractivity contribution in [2.24, 2.45) is 0 Å². The van der Waals surface area contributed by atoms with Gasteiger partial charge in [-0.25, -0.2) is 0 Å². The third-order valence-corrected chi connectivity index (χ3v) is 6.50. The van der Waals surface area contributed by atoms with E-state index in [9.17, 15) is 0 Å². The summed E-state index contributed by atoms with van der Waals surface area (Å²) in [7, 11) is 1.75. The first-order valence-electron chi connectivity index (χ1n) is 11.5. The van der Waals surface area contributed by atoms with Gasteiger partial charge in [0.1, 0.15) is 0 Å². The predicted octanol–water partition coefficient (Wildman–Crippen LogP) is 5.70. The Morgan fingerprint density at radius 2 is 2.06 bits per heavy atom. The van der Waals surface area contributed by atoms with Crippen molar-refractivity contribution in [2.75, 3.05) is 43.6 Å². The van der Waals surface area contributed by atoms with Gasteiger partial charge in [-0.3, -0.25) is 0 Å². The molecule has 0 saturated heterocycles. The summed E-state index contributed by atoms with van der Waals surface area (Å²) in [5.74, 6) is 0. The van der Waals surface area contributed by atoms with Crippen LogP contribution in [-0.4, -0.2) is 43.4 Å². The molecular weight excluding hydrogens is 402 g/mol. The second kappa shape index (κ2) is 11.5. The lowest BCUT2D eigenvalue weighted by molar-refractivity contribution is 0.185. The van der Waals surface area contributed by atoms with E-state index in [1.54, 1.807) is 7.11 Å². The highest BCUT2D eigenvalue weighted by atomic mass is 32.1. The summed E-state index contributed by atoms with van der Waals surface area (Å²) in [6.45, 7) is 11.2. The van der Waals surface area contributed by atoms with Crippen LogP contribution in [0.3, 0.4) is 0 Å². The number of hydrogen-bond acceptors (Lipinski definition) is 3. The van der Waals surface area contributed by atoms with E-state index in [0.717, 1.165) is 49.9 Å². The van der Waals surface area contributed by atoms with Crippen LogP contribution >= 0.6 is 12.2 Å². The first kappa shape index (κ1) is 23.6. The average Bonchev–Trinajstić information content (AvgIpc) is 2.76. The number of rotatable bonds is 9. The SMILES string of the molecule is CCCN1CCCc2cc(CN(CCCOC)C(=S)Nc3cccc(C)c3C)ccc21. The van der Waals surface area contributed by atoms with E-state index in [-0.39, 0.29) is 0 Å². The molecule has 4 nitrogen and oxygen atoms in total. The number of ether oxygens (including phenoxy) is 1. The number of hydrogen-bond donors (Lipinski definition) is 1. The summed E-state index contributed by atoms with van der Waals surface area (Å²) >= 11 is 5.85. The van der Waals surface area contributed by atoms with Gasteiger partial charge in [-0.05, 0) is 86.1 Å². The van der Waals surface area contributed by atoms with Crippen LogP contribution in [-0.2, 0) is 17.7 Å². The van der Waals surface area contributed by atoms with Crippen molar-refractivity contribution in [3.8, 4) is 0 Å². The fraction of sp³-hybridized carbons (Fsp3) is 0.500. The van der Waals surface area contributed by atoms with Crippen LogP contribution < -0.4 is 10.2 Å². The standard InChI is InChI=1S/C26H37N3OS/c1-5-14-28-15-7-10-23-18-22(12-13-25(23)28)19-29(16-8-17-30-4)26(31)27-24-11-6-9-20(2)21(24)3/h6,9,11-13,18H,5,7-8,10,14-17,19H2,1-4H3,(H,27,31). The Labute approximate surface area is 193 Å². The monoisotopic (exact) mass is 439 g/mol. The molecular formula is C26H37N3OS. The summed E-state index contributed by atoms with van der Waals surface area (Å²) in [5, 5.41) is 4.27. The smallest absolute Gasteiger partial charge is 0.173 e. The van der Waals surface area contributed by atoms with E-state index >= 15 is 0 Å². The second-order valence-electron chi connectivity index (χ2n) is 8.50. The zero-order valence-corrected chi connectivity index (χ0v) is 20.4. The molecule has 168 valence electrons. The minimum Gasteiger partial charge on any atom is -0.385 e. The molecule has 2 aromatic rings. The quantitative estimate of drug-likeness (QED) is 0.399. The van der Waals surface area contributed by atoms with E-state index in [1.807, 2.05) is 0 Å². The number of anilines is 2. The number of nitrogens with one attached hydrogen (secondary N) is 1. The van der Waals surface area contributed by atoms with Gasteiger partial charge in [-0.15, -0.1) is 0 Å². The number of aryl methyl sites for hydroxylation is 2. The third-order valence-electron chi connectivity index (χ3n) is 6.14. The van der Waals surface area contributed by atoms with E-state index in [2.05, 4.69) is 72.3 Å². The van der Waals surface area contributed by atoms with Gasteiger partial charge in [-0.2, -0.15) is 0 Å². The summed E-state index contributed by atoms with van der Waals surface area (Å²) < 4.78 is 5.29. The lowest BCUT2D eigenvalue weighted by Crippen LogP contribution is -2.36. The molecule has 0 bridgehead atoms. The van der Waals surface area contributed by atoms with Gasteiger partial charge >= 0.3 is 0 Å². The van der Waals surface area contributed by atoms with Crippen molar-refractivity contribution < 1.29 is 4.74 Å². The Hall–Kier alpha value is -2.11. The average molecular weight is 440 g/mol. The maximum absolute atomic E-state index is 5.85. The normalized spacial score (nSPS) is 13.1. The minimum atomic E-state index is 0.735. The molecule has 1 aliphatic rings. The fourth-order valence-corrected chi connectivity index (χ4v) is 4.55. The number of thiocarbonyl (C=S) groups is 1. The predicted molar refractivity (Wildman–Crippen MR) is 136 cm³/mol. The van der Waals surface area contributed by atoms with Gasteiger partial charge in [0.05, 0.1) is 0 Å². The zero-order valence-electron chi connectivity index (χ0n) is 19.5. The van der Waals surface area contributed by atoms with Crippen LogP contribution in [0.25, 0.3) is 0 Å². The Kier molecular flexibility index (Phi) is 8.73. The largest absolute Gasteiger partial charge is 0.385 e. The van der Waals surface area contributed by atoms with Crippen LogP contribution in [0.4, 0.5) is 11.4 Å². The van der Waals surface area contributed by atoms with E-state index in [4.69, 9.17) is 17.0 Å². The van der Waals surface area contributed by atoms with E-state index in [1.165, 1.54) is 47.3 Å². The van der Waals surface area contributed by atoms with Gasteiger partial charge in [0.25, 0.3) is 0 Å². The molecule has 0 saturated carbocycles. The highest BCUT2D eigenvalue weighted by molar-refractivity contribution is 7.80. The molecule has 5 heteroatoms. The molecule has 0 amide bonds. The molecule has 1 N–H and O–H groups in total. The Morgan fingerprint density at radius 1 is 1.23 bits per heavy atom. The Morgan fingerprint density at radius 3 is 2.84 bits per heavy atom. The summed E-state index contributed by atoms with van der Waals surface area (Å²) in [5.41, 5.74) is 7.81. The van der Waals surface area contributed by atoms with E-state index in [0.29, 0.717) is 0 Å². The highest BCUT2D eigenvalue weighted by Crippen LogP contribution is 2.29. The van der Waals surface area contributed by atoms with Crippen molar-refractivity contribution in [3.05, 3.63) is 58.7 Å². The van der Waals surface area contributed by atoms with Crippen LogP contribution in [0.5, 0.6) is 0 Å². The molecule has 0 atom stereocenters. The second-order valence-corrected chi connectivity index (χ2v) is 8.89. The molecule has 0 unspecified atom stereocenters. The van der Waals surface area contributed by atoms with Crippen LogP contribution in [0, 0.1) is 13.8 Å². The summed E-state index contributed by atoms with van der Waals surface area (Å²) in [6.07, 6.45) is 4.53. The van der Waals surface area contributed by atoms with Crippen molar-refractivity contribution in [1.82, 2.24) is 4.90 Å². The van der Waals surface area contributed by atoms with Gasteiger partial charge in [-0.1, -0.05) is 31.2 Å². The molecule has 0 radical (unpaired) electrons. The van der Waals surface area contributed by atoms with Crippen LogP contribution in [0.1, 0.15) is 48.4 Å². The maximum Gasteiger partial charge on any atom is 0.173 e. The molecule has 31 heavy (non-hydrogen) atoms. The molecule has 0 fully saturated rings. The molecule has 0 aliphatic carbocycles. The Balaban J connectivity index is 1.76.